The van der Waals surface area contributed by atoms with E-state index in [0.29, 0.717) is 18.2 Å². The van der Waals surface area contributed by atoms with Gasteiger partial charge in [-0.15, -0.1) is 11.3 Å². The summed E-state index contributed by atoms with van der Waals surface area (Å²) in [7, 11) is 1.81. The van der Waals surface area contributed by atoms with Crippen molar-refractivity contribution in [3.8, 4) is 0 Å². The number of benzene rings is 1. The van der Waals surface area contributed by atoms with Crippen LogP contribution in [-0.4, -0.2) is 29.8 Å². The van der Waals surface area contributed by atoms with Gasteiger partial charge in [0.25, 0.3) is 11.8 Å². The second-order valence-corrected chi connectivity index (χ2v) is 7.71. The number of amides is 2. The molecule has 1 saturated carbocycles. The Kier molecular flexibility index (Phi) is 4.71. The van der Waals surface area contributed by atoms with Gasteiger partial charge in [-0.2, -0.15) is 0 Å². The molecule has 1 aliphatic carbocycles. The van der Waals surface area contributed by atoms with Crippen molar-refractivity contribution in [2.24, 2.45) is 0 Å². The fourth-order valence-electron chi connectivity index (χ4n) is 2.47. The Hall–Kier alpha value is -2.14. The molecule has 24 heavy (non-hydrogen) atoms. The van der Waals surface area contributed by atoms with Crippen LogP contribution < -0.4 is 5.32 Å². The van der Waals surface area contributed by atoms with Gasteiger partial charge in [-0.05, 0) is 56.0 Å². The van der Waals surface area contributed by atoms with Crippen LogP contribution in [0.5, 0.6) is 0 Å². The zero-order valence-electron chi connectivity index (χ0n) is 14.3. The number of carbonyl (C=O) groups excluding carboxylic acids is 2. The highest BCUT2D eigenvalue weighted by Gasteiger charge is 2.23. The molecule has 0 aliphatic heterocycles. The van der Waals surface area contributed by atoms with Crippen LogP contribution >= 0.6 is 11.3 Å². The Balaban J connectivity index is 1.62. The van der Waals surface area contributed by atoms with Gasteiger partial charge in [-0.3, -0.25) is 9.59 Å². The first kappa shape index (κ1) is 16.7. The number of nitrogens with zero attached hydrogens (tertiary/aromatic N) is 1. The van der Waals surface area contributed by atoms with E-state index in [-0.39, 0.29) is 11.8 Å². The summed E-state index contributed by atoms with van der Waals surface area (Å²) < 4.78 is 0. The third kappa shape index (κ3) is 3.85. The molecule has 4 nitrogen and oxygen atoms in total. The summed E-state index contributed by atoms with van der Waals surface area (Å²) in [6.45, 7) is 4.58. The molecule has 1 aromatic heterocycles. The lowest BCUT2D eigenvalue weighted by Gasteiger charge is -2.16. The predicted molar refractivity (Wildman–Crippen MR) is 96.5 cm³/mol. The summed E-state index contributed by atoms with van der Waals surface area (Å²) >= 11 is 1.54. The Morgan fingerprint density at radius 1 is 1.21 bits per heavy atom. The first-order valence-electron chi connectivity index (χ1n) is 8.16. The Morgan fingerprint density at radius 3 is 2.42 bits per heavy atom. The molecule has 1 N–H and O–H groups in total. The van der Waals surface area contributed by atoms with Gasteiger partial charge in [0.15, 0.2) is 0 Å². The Labute approximate surface area is 146 Å². The third-order valence-electron chi connectivity index (χ3n) is 4.27. The molecule has 3 rings (SSSR count). The van der Waals surface area contributed by atoms with Crippen molar-refractivity contribution < 1.29 is 9.59 Å². The number of rotatable bonds is 5. The quantitative estimate of drug-likeness (QED) is 0.904. The predicted octanol–water partition coefficient (Wildman–Crippen LogP) is 3.53. The summed E-state index contributed by atoms with van der Waals surface area (Å²) in [5.74, 6) is 0.0183. The fourth-order valence-corrected chi connectivity index (χ4v) is 3.50. The first-order chi connectivity index (χ1) is 11.4. The maximum absolute atomic E-state index is 12.5. The largest absolute Gasteiger partial charge is 0.349 e. The molecule has 0 bridgehead atoms. The van der Waals surface area contributed by atoms with Gasteiger partial charge in [-0.25, -0.2) is 0 Å². The van der Waals surface area contributed by atoms with Crippen molar-refractivity contribution in [1.29, 1.82) is 0 Å². The van der Waals surface area contributed by atoms with Crippen molar-refractivity contribution in [3.63, 3.8) is 0 Å². The molecule has 5 heteroatoms. The summed E-state index contributed by atoms with van der Waals surface area (Å²) in [6.07, 6.45) is 2.16. The summed E-state index contributed by atoms with van der Waals surface area (Å²) in [6, 6.07) is 9.78. The molecule has 126 valence electrons. The Bertz CT molecular complexity index is 741. The molecule has 2 aromatic rings. The zero-order chi connectivity index (χ0) is 17.3. The molecule has 1 fully saturated rings. The van der Waals surface area contributed by atoms with Gasteiger partial charge in [0.05, 0.1) is 4.88 Å². The lowest BCUT2D eigenvalue weighted by molar-refractivity contribution is 0.0789. The molecule has 0 saturated heterocycles. The summed E-state index contributed by atoms with van der Waals surface area (Å²) in [4.78, 5) is 28.1. The van der Waals surface area contributed by atoms with Gasteiger partial charge in [0, 0.05) is 30.1 Å². The number of hydrogen-bond donors (Lipinski definition) is 1. The average Bonchev–Trinajstić information content (AvgIpc) is 3.31. The maximum Gasteiger partial charge on any atom is 0.263 e. The van der Waals surface area contributed by atoms with Crippen LogP contribution in [-0.2, 0) is 6.54 Å². The summed E-state index contributed by atoms with van der Waals surface area (Å²) in [5.41, 5.74) is 2.84. The van der Waals surface area contributed by atoms with Gasteiger partial charge < -0.3 is 10.2 Å². The van der Waals surface area contributed by atoms with Crippen molar-refractivity contribution in [2.45, 2.75) is 39.3 Å². The van der Waals surface area contributed by atoms with E-state index < -0.39 is 0 Å². The second-order valence-electron chi connectivity index (χ2n) is 6.46. The average molecular weight is 342 g/mol. The van der Waals surface area contributed by atoms with E-state index in [1.807, 2.05) is 44.2 Å². The van der Waals surface area contributed by atoms with E-state index >= 15 is 0 Å². The van der Waals surface area contributed by atoms with Gasteiger partial charge in [0.1, 0.15) is 0 Å². The lowest BCUT2D eigenvalue weighted by Crippen LogP contribution is -2.26. The van der Waals surface area contributed by atoms with Crippen molar-refractivity contribution >= 4 is 23.2 Å². The van der Waals surface area contributed by atoms with Crippen LogP contribution in [0, 0.1) is 13.8 Å². The van der Waals surface area contributed by atoms with Crippen LogP contribution in [0.3, 0.4) is 0 Å². The highest BCUT2D eigenvalue weighted by Crippen LogP contribution is 2.22. The SMILES string of the molecule is Cc1cc(C(=O)N(C)Cc2ccc(C(=O)NC3CC3)cc2)sc1C. The van der Waals surface area contributed by atoms with E-state index in [1.54, 1.807) is 11.9 Å². The number of aryl methyl sites for hydroxylation is 2. The van der Waals surface area contributed by atoms with Crippen LogP contribution in [0.15, 0.2) is 30.3 Å². The van der Waals surface area contributed by atoms with E-state index in [1.165, 1.54) is 16.2 Å². The fraction of sp³-hybridized carbons (Fsp3) is 0.368. The summed E-state index contributed by atoms with van der Waals surface area (Å²) in [5, 5.41) is 2.98. The monoisotopic (exact) mass is 342 g/mol. The minimum absolute atomic E-state index is 0.0157. The molecule has 1 aromatic carbocycles. The molecule has 1 aliphatic rings. The van der Waals surface area contributed by atoms with Crippen molar-refractivity contribution in [2.75, 3.05) is 7.05 Å². The molecule has 1 heterocycles. The molecular formula is C19H22N2O2S. The van der Waals surface area contributed by atoms with E-state index in [4.69, 9.17) is 0 Å². The minimum atomic E-state index is -0.0157. The molecule has 2 amide bonds. The Morgan fingerprint density at radius 2 is 1.88 bits per heavy atom. The van der Waals surface area contributed by atoms with Crippen LogP contribution in [0.2, 0.25) is 0 Å². The molecule has 0 spiro atoms. The number of thiophene rings is 1. The standard InChI is InChI=1S/C19H22N2O2S/c1-12-10-17(24-13(12)2)19(23)21(3)11-14-4-6-15(7-5-14)18(22)20-16-8-9-16/h4-7,10,16H,8-9,11H2,1-3H3,(H,20,22). The minimum Gasteiger partial charge on any atom is -0.349 e. The number of nitrogens with one attached hydrogen (secondary N) is 1. The lowest BCUT2D eigenvalue weighted by atomic mass is 10.1. The molecule has 0 unspecified atom stereocenters. The molecular weight excluding hydrogens is 320 g/mol. The molecule has 0 radical (unpaired) electrons. The third-order valence-corrected chi connectivity index (χ3v) is 5.41. The van der Waals surface area contributed by atoms with Crippen LogP contribution in [0.1, 0.15) is 48.9 Å². The van der Waals surface area contributed by atoms with Gasteiger partial charge in [-0.1, -0.05) is 12.1 Å². The highest BCUT2D eigenvalue weighted by molar-refractivity contribution is 7.14. The topological polar surface area (TPSA) is 49.4 Å². The van der Waals surface area contributed by atoms with Gasteiger partial charge >= 0.3 is 0 Å². The normalized spacial score (nSPS) is 13.6. The van der Waals surface area contributed by atoms with E-state index in [9.17, 15) is 9.59 Å². The van der Waals surface area contributed by atoms with Crippen molar-refractivity contribution in [3.05, 3.63) is 56.8 Å². The smallest absolute Gasteiger partial charge is 0.263 e. The number of hydrogen-bond acceptors (Lipinski definition) is 3. The second kappa shape index (κ2) is 6.77. The van der Waals surface area contributed by atoms with Crippen LogP contribution in [0.4, 0.5) is 0 Å². The molecule has 0 atom stereocenters. The number of carbonyl (C=O) groups is 2. The van der Waals surface area contributed by atoms with Crippen molar-refractivity contribution in [1.82, 2.24) is 10.2 Å². The van der Waals surface area contributed by atoms with Crippen LogP contribution in [0.25, 0.3) is 0 Å². The van der Waals surface area contributed by atoms with E-state index in [2.05, 4.69) is 5.32 Å². The zero-order valence-corrected chi connectivity index (χ0v) is 15.1. The maximum atomic E-state index is 12.5. The van der Waals surface area contributed by atoms with Gasteiger partial charge in [0.2, 0.25) is 0 Å². The van der Waals surface area contributed by atoms with E-state index in [0.717, 1.165) is 28.8 Å². The first-order valence-corrected chi connectivity index (χ1v) is 8.98. The highest BCUT2D eigenvalue weighted by atomic mass is 32.1.